The number of rotatable bonds is 18. The van der Waals surface area contributed by atoms with Gasteiger partial charge in [-0.2, -0.15) is 0 Å². The monoisotopic (exact) mass is 1120 g/mol. The smallest absolute Gasteiger partial charge is 0.255 e. The van der Waals surface area contributed by atoms with Crippen LogP contribution in [0.2, 0.25) is 0 Å². The molecule has 0 aliphatic heterocycles. The van der Waals surface area contributed by atoms with E-state index in [1.54, 1.807) is 169 Å². The summed E-state index contributed by atoms with van der Waals surface area (Å²) in [5.41, 5.74) is 0. The summed E-state index contributed by atoms with van der Waals surface area (Å²) in [5.74, 6) is 0. The Balaban J connectivity index is -0.000000169. The van der Waals surface area contributed by atoms with E-state index in [4.69, 9.17) is 50.2 Å². The molecule has 38 heteroatoms. The van der Waals surface area contributed by atoms with Gasteiger partial charge in [0, 0.05) is 0 Å². The first-order valence-corrected chi connectivity index (χ1v) is 28.2. The molecule has 0 aliphatic rings. The van der Waals surface area contributed by atoms with Crippen LogP contribution in [0.5, 0.6) is 0 Å². The molecule has 383 valence electrons. The largest absolute Gasteiger partial charge is 2.00 e. The Morgan fingerprint density at radius 3 is 0.323 bits per heavy atom. The Morgan fingerprint density at radius 2 is 0.290 bits per heavy atom. The molecule has 0 aromatic rings. The van der Waals surface area contributed by atoms with Gasteiger partial charge in [0.25, 0.3) is 0 Å². The van der Waals surface area contributed by atoms with Crippen molar-refractivity contribution in [1.82, 2.24) is 56.0 Å². The van der Waals surface area contributed by atoms with Crippen LogP contribution in [0.4, 0.5) is 0 Å². The molecule has 0 heterocycles. The molecule has 1 radical (unpaired) electrons. The molecular formula is C24H72Cl2CoN12O17P6. The second-order valence-electron chi connectivity index (χ2n) is 14.1. The topological polar surface area (TPSA) is 353 Å². The van der Waals surface area contributed by atoms with Crippen molar-refractivity contribution in [3.8, 4) is 0 Å². The van der Waals surface area contributed by atoms with Crippen LogP contribution in [0.15, 0.2) is 0 Å². The normalized spacial score (nSPS) is 13.7. The fourth-order valence-corrected chi connectivity index (χ4v) is 18.1. The van der Waals surface area contributed by atoms with Crippen molar-refractivity contribution in [1.29, 1.82) is 0 Å². The summed E-state index contributed by atoms with van der Waals surface area (Å²) >= 11 is 0. The van der Waals surface area contributed by atoms with Gasteiger partial charge in [-0.1, -0.05) is 0 Å². The number of hydrogen-bond donors (Lipinski definition) is 0. The van der Waals surface area contributed by atoms with Gasteiger partial charge in [0.1, 0.15) is 0 Å². The maximum Gasteiger partial charge on any atom is 2.00 e. The second-order valence-corrected chi connectivity index (χ2v) is 33.1. The number of nitrogens with zero attached hydrogens (tertiary/aromatic N) is 12. The Labute approximate surface area is 384 Å². The molecule has 0 atom stereocenters. The summed E-state index contributed by atoms with van der Waals surface area (Å²) in [6.07, 6.45) is 0. The molecule has 0 aliphatic carbocycles. The van der Waals surface area contributed by atoms with E-state index in [9.17, 15) is 27.4 Å². The Hall–Kier alpha value is 1.55. The third-order valence-corrected chi connectivity index (χ3v) is 23.9. The standard InChI is InChI=1S/3C8H24N4O3P2.2ClHO4.Co/c3*1-9(2)16(13,10(3)4)15-17(14,11(5)6)12(7)8;2*2-1(3,4)5;/h3*1-8H3;2*(H,2,3,4,5);/q;;;;;+2/p-2. The molecular weight excluding hydrogens is 1040 g/mol. The Bertz CT molecular complexity index is 1210. The van der Waals surface area contributed by atoms with Crippen molar-refractivity contribution in [2.24, 2.45) is 0 Å². The van der Waals surface area contributed by atoms with Crippen LogP contribution in [0, 0.1) is 20.5 Å². The zero-order valence-corrected chi connectivity index (χ0v) is 48.0. The van der Waals surface area contributed by atoms with Gasteiger partial charge in [0.05, 0.1) is 0 Å². The summed E-state index contributed by atoms with van der Waals surface area (Å²) in [4.78, 5) is 0. The van der Waals surface area contributed by atoms with E-state index in [0.29, 0.717) is 0 Å². The predicted molar refractivity (Wildman–Crippen MR) is 213 cm³/mol. The molecule has 0 fully saturated rings. The minimum atomic E-state index is -4.94. The molecule has 0 rings (SSSR count). The van der Waals surface area contributed by atoms with Gasteiger partial charge in [-0.3, -0.25) is 27.4 Å². The van der Waals surface area contributed by atoms with Crippen molar-refractivity contribution < 1.29 is 115 Å². The SMILES string of the molecule is CN(C)P(=O)(OP(=O)(N(C)C)N(C)C)N(C)C.CN(C)P(=O)(OP(=O)(N(C)C)N(C)C)N(C)C.CN(C)P(=O)(OP(=O)(N(C)C)N(C)C)N(C)C.[Co+2].[O-][Cl+3]([O-])([O-])[O-].[O-][Cl+3]([O-])([O-])[O-]. The van der Waals surface area contributed by atoms with Crippen molar-refractivity contribution in [2.75, 3.05) is 169 Å². The van der Waals surface area contributed by atoms with E-state index in [1.807, 2.05) is 0 Å². The van der Waals surface area contributed by atoms with Crippen LogP contribution in [0.25, 0.3) is 0 Å². The molecule has 0 bridgehead atoms. The fourth-order valence-electron chi connectivity index (χ4n) is 3.44. The van der Waals surface area contributed by atoms with E-state index >= 15 is 0 Å². The molecule has 0 saturated carbocycles. The van der Waals surface area contributed by atoms with Gasteiger partial charge >= 0.3 is 62.8 Å². The summed E-state index contributed by atoms with van der Waals surface area (Å²) in [7, 11) is 9.73. The van der Waals surface area contributed by atoms with E-state index in [2.05, 4.69) is 0 Å². The summed E-state index contributed by atoms with van der Waals surface area (Å²) in [6.45, 7) is 0. The first-order chi connectivity index (χ1) is 26.4. The van der Waals surface area contributed by atoms with Gasteiger partial charge in [-0.05, 0) is 169 Å². The molecule has 29 nitrogen and oxygen atoms in total. The van der Waals surface area contributed by atoms with Crippen LogP contribution < -0.4 is 37.3 Å². The molecule has 0 amide bonds. The molecule has 0 aromatic carbocycles. The molecule has 62 heavy (non-hydrogen) atoms. The maximum atomic E-state index is 12.6. The van der Waals surface area contributed by atoms with Crippen LogP contribution in [-0.4, -0.2) is 225 Å². The first kappa shape index (κ1) is 75.1. The molecule has 0 saturated heterocycles. The zero-order valence-electron chi connectivity index (χ0n) is 40.1. The van der Waals surface area contributed by atoms with E-state index in [-0.39, 0.29) is 16.8 Å². The predicted octanol–water partition coefficient (Wildman–Crippen LogP) is -5.12. The number of hydrogen-bond acceptors (Lipinski definition) is 17. The first-order valence-electron chi connectivity index (χ1n) is 16.6. The molecule has 0 unspecified atom stereocenters. The minimum Gasteiger partial charge on any atom is -0.255 e. The van der Waals surface area contributed by atoms with Gasteiger partial charge < -0.3 is 0 Å². The molecule has 0 aromatic heterocycles. The van der Waals surface area contributed by atoms with Gasteiger partial charge in [-0.25, -0.2) is 106 Å². The zero-order chi connectivity index (χ0) is 51.0. The van der Waals surface area contributed by atoms with E-state index < -0.39 is 66.5 Å². The third-order valence-electron chi connectivity index (χ3n) is 6.70. The average Bonchev–Trinajstić information content (AvgIpc) is 3.02. The van der Waals surface area contributed by atoms with Crippen LogP contribution in [0.3, 0.4) is 0 Å². The Kier molecular flexibility index (Phi) is 36.6. The third kappa shape index (κ3) is 26.9. The summed E-state index contributed by atoms with van der Waals surface area (Å²) < 4.78 is 178. The quantitative estimate of drug-likeness (QED) is 0.116. The van der Waals surface area contributed by atoms with Crippen molar-refractivity contribution in [2.45, 2.75) is 0 Å². The molecule has 0 spiro atoms. The maximum absolute atomic E-state index is 12.6. The summed E-state index contributed by atoms with van der Waals surface area (Å²) in [5, 5.41) is 0. The van der Waals surface area contributed by atoms with Gasteiger partial charge in [-0.15, -0.1) is 20.5 Å². The molecule has 0 N–H and O–H groups in total. The van der Waals surface area contributed by atoms with Crippen LogP contribution in [-0.2, 0) is 57.1 Å². The van der Waals surface area contributed by atoms with Crippen molar-refractivity contribution >= 4 is 46.0 Å². The van der Waals surface area contributed by atoms with Gasteiger partial charge in [0.2, 0.25) is 0 Å². The van der Waals surface area contributed by atoms with E-state index in [0.717, 1.165) is 0 Å². The number of halogens is 2. The Morgan fingerprint density at radius 1 is 0.242 bits per heavy atom. The average molecular weight is 1120 g/mol. The summed E-state index contributed by atoms with van der Waals surface area (Å²) in [6, 6.07) is 0. The van der Waals surface area contributed by atoms with Crippen molar-refractivity contribution in [3.05, 3.63) is 0 Å². The van der Waals surface area contributed by atoms with Gasteiger partial charge in [0.15, 0.2) is 0 Å². The van der Waals surface area contributed by atoms with Crippen LogP contribution in [0.1, 0.15) is 0 Å². The van der Waals surface area contributed by atoms with Crippen LogP contribution >= 0.6 is 46.0 Å². The van der Waals surface area contributed by atoms with E-state index in [1.165, 1.54) is 56.0 Å². The van der Waals surface area contributed by atoms with Crippen molar-refractivity contribution in [3.63, 3.8) is 0 Å². The second kappa shape index (κ2) is 30.2. The fraction of sp³-hybridized carbons (Fsp3) is 1.00. The minimum absolute atomic E-state index is 0.